The van der Waals surface area contributed by atoms with Crippen LogP contribution in [0.25, 0.3) is 0 Å². The number of nitrogens with one attached hydrogen (secondary N) is 1. The lowest BCUT2D eigenvalue weighted by molar-refractivity contribution is -0.684. The Morgan fingerprint density at radius 1 is 0.885 bits per heavy atom. The van der Waals surface area contributed by atoms with Crippen molar-refractivity contribution in [3.05, 3.63) is 94.2 Å². The maximum atomic E-state index is 12.4. The van der Waals surface area contributed by atoms with Crippen LogP contribution in [0.1, 0.15) is 15.9 Å². The van der Waals surface area contributed by atoms with E-state index in [1.54, 1.807) is 59.4 Å². The zero-order valence-corrected chi connectivity index (χ0v) is 15.2. The van der Waals surface area contributed by atoms with Gasteiger partial charge in [-0.05, 0) is 18.2 Å². The predicted octanol–water partition coefficient (Wildman–Crippen LogP) is 4.15. The molecule has 0 saturated heterocycles. The largest absolute Gasteiger partial charge is 0.319 e. The van der Waals surface area contributed by atoms with Crippen LogP contribution >= 0.6 is 23.2 Å². The van der Waals surface area contributed by atoms with Crippen LogP contribution in [0.15, 0.2) is 73.1 Å². The molecular formula is C20H15Cl2N2O2+. The molecule has 0 atom stereocenters. The number of nitrogens with zero attached hydrogens (tertiary/aromatic N) is 1. The first kappa shape index (κ1) is 18.1. The van der Waals surface area contributed by atoms with Gasteiger partial charge in [0.25, 0.3) is 5.91 Å². The highest BCUT2D eigenvalue weighted by atomic mass is 35.5. The molecule has 26 heavy (non-hydrogen) atoms. The summed E-state index contributed by atoms with van der Waals surface area (Å²) in [7, 11) is 0. The monoisotopic (exact) mass is 385 g/mol. The highest BCUT2D eigenvalue weighted by Gasteiger charge is 2.14. The molecule has 0 saturated carbocycles. The number of hydrogen-bond acceptors (Lipinski definition) is 2. The van der Waals surface area contributed by atoms with Gasteiger partial charge in [0.05, 0.1) is 10.7 Å². The molecule has 2 aromatic carbocycles. The minimum Gasteiger partial charge on any atom is -0.319 e. The van der Waals surface area contributed by atoms with Crippen molar-refractivity contribution < 1.29 is 14.2 Å². The van der Waals surface area contributed by atoms with E-state index >= 15 is 0 Å². The van der Waals surface area contributed by atoms with Crippen molar-refractivity contribution in [1.29, 1.82) is 0 Å². The zero-order chi connectivity index (χ0) is 18.5. The number of pyridine rings is 1. The smallest absolute Gasteiger partial charge is 0.290 e. The number of aromatic nitrogens is 1. The fraction of sp³-hybridized carbons (Fsp3) is 0.0500. The number of benzene rings is 2. The van der Waals surface area contributed by atoms with Crippen LogP contribution in [0.4, 0.5) is 5.69 Å². The lowest BCUT2D eigenvalue weighted by Crippen LogP contribution is -2.39. The zero-order valence-electron chi connectivity index (χ0n) is 13.7. The van der Waals surface area contributed by atoms with E-state index < -0.39 is 0 Å². The van der Waals surface area contributed by atoms with E-state index in [1.807, 2.05) is 18.2 Å². The summed E-state index contributed by atoms with van der Waals surface area (Å²) < 4.78 is 1.68. The minimum atomic E-state index is -0.235. The summed E-state index contributed by atoms with van der Waals surface area (Å²) in [5.41, 5.74) is 1.69. The van der Waals surface area contributed by atoms with Crippen molar-refractivity contribution in [2.45, 2.75) is 6.54 Å². The van der Waals surface area contributed by atoms with Crippen LogP contribution in [0.2, 0.25) is 10.0 Å². The number of anilines is 1. The fourth-order valence-electron chi connectivity index (χ4n) is 2.42. The van der Waals surface area contributed by atoms with Crippen LogP contribution in [0.5, 0.6) is 0 Å². The summed E-state index contributed by atoms with van der Waals surface area (Å²) in [6.45, 7) is 0.0960. The molecule has 0 radical (unpaired) electrons. The molecule has 3 aromatic rings. The third kappa shape index (κ3) is 4.48. The molecule has 0 spiro atoms. The van der Waals surface area contributed by atoms with Gasteiger partial charge in [0, 0.05) is 28.3 Å². The van der Waals surface area contributed by atoms with Crippen LogP contribution in [0.3, 0.4) is 0 Å². The molecule has 1 N–H and O–H groups in total. The number of carbonyl (C=O) groups is 2. The second kappa shape index (κ2) is 8.13. The number of halogens is 2. The average Bonchev–Trinajstić information content (AvgIpc) is 2.65. The van der Waals surface area contributed by atoms with Gasteiger partial charge in [0.1, 0.15) is 0 Å². The number of amides is 1. The molecule has 0 fully saturated rings. The van der Waals surface area contributed by atoms with Gasteiger partial charge in [-0.1, -0.05) is 53.5 Å². The van der Waals surface area contributed by atoms with Crippen LogP contribution < -0.4 is 9.88 Å². The SMILES string of the molecule is O=C(C[n+]1ccc(C(=O)c2ccccc2)cc1)Nc1ccc(Cl)cc1Cl. The third-order valence-electron chi connectivity index (χ3n) is 3.72. The Hall–Kier alpha value is -2.69. The van der Waals surface area contributed by atoms with Crippen LogP contribution in [-0.2, 0) is 11.3 Å². The summed E-state index contributed by atoms with van der Waals surface area (Å²) >= 11 is 11.9. The topological polar surface area (TPSA) is 50.0 Å². The molecule has 0 bridgehead atoms. The van der Waals surface area contributed by atoms with Gasteiger partial charge in [-0.15, -0.1) is 0 Å². The van der Waals surface area contributed by atoms with Gasteiger partial charge in [0.15, 0.2) is 18.2 Å². The van der Waals surface area contributed by atoms with Gasteiger partial charge < -0.3 is 5.32 Å². The van der Waals surface area contributed by atoms with Gasteiger partial charge in [-0.3, -0.25) is 9.59 Å². The summed E-state index contributed by atoms with van der Waals surface area (Å²) in [6.07, 6.45) is 3.39. The Kier molecular flexibility index (Phi) is 5.66. The van der Waals surface area contributed by atoms with Crippen molar-refractivity contribution in [3.63, 3.8) is 0 Å². The normalized spacial score (nSPS) is 10.4. The van der Waals surface area contributed by atoms with E-state index in [0.29, 0.717) is 26.9 Å². The van der Waals surface area contributed by atoms with Crippen LogP contribution in [0, 0.1) is 0 Å². The summed E-state index contributed by atoms with van der Waals surface area (Å²) in [4.78, 5) is 24.5. The van der Waals surface area contributed by atoms with Gasteiger partial charge >= 0.3 is 0 Å². The van der Waals surface area contributed by atoms with Crippen LogP contribution in [-0.4, -0.2) is 11.7 Å². The number of ketones is 1. The van der Waals surface area contributed by atoms with Gasteiger partial charge in [-0.25, -0.2) is 0 Å². The second-order valence-electron chi connectivity index (χ2n) is 5.63. The van der Waals surface area contributed by atoms with Crippen molar-refractivity contribution in [1.82, 2.24) is 0 Å². The molecule has 1 amide bonds. The summed E-state index contributed by atoms with van der Waals surface area (Å²) in [5.74, 6) is -0.295. The number of hydrogen-bond donors (Lipinski definition) is 1. The highest BCUT2D eigenvalue weighted by molar-refractivity contribution is 6.36. The predicted molar refractivity (Wildman–Crippen MR) is 102 cm³/mol. The first-order valence-electron chi connectivity index (χ1n) is 7.87. The molecule has 130 valence electrons. The Morgan fingerprint density at radius 3 is 2.19 bits per heavy atom. The molecule has 0 aliphatic heterocycles. The number of carbonyl (C=O) groups excluding carboxylic acids is 2. The average molecular weight is 386 g/mol. The first-order chi connectivity index (χ1) is 12.5. The van der Waals surface area contributed by atoms with Crippen molar-refractivity contribution in [2.24, 2.45) is 0 Å². The quantitative estimate of drug-likeness (QED) is 0.529. The van der Waals surface area contributed by atoms with Crippen molar-refractivity contribution in [3.8, 4) is 0 Å². The van der Waals surface area contributed by atoms with E-state index in [0.717, 1.165) is 0 Å². The molecule has 1 heterocycles. The number of rotatable bonds is 5. The summed E-state index contributed by atoms with van der Waals surface area (Å²) in [6, 6.07) is 17.3. The molecule has 0 aliphatic carbocycles. The van der Waals surface area contributed by atoms with E-state index in [1.165, 1.54) is 0 Å². The maximum absolute atomic E-state index is 12.4. The fourth-order valence-corrected chi connectivity index (χ4v) is 2.87. The van der Waals surface area contributed by atoms with E-state index in [2.05, 4.69) is 5.32 Å². The van der Waals surface area contributed by atoms with E-state index in [4.69, 9.17) is 23.2 Å². The Bertz CT molecular complexity index is 942. The minimum absolute atomic E-state index is 0.0600. The Balaban J connectivity index is 1.65. The van der Waals surface area contributed by atoms with Gasteiger partial charge in [-0.2, -0.15) is 4.57 Å². The molecule has 1 aromatic heterocycles. The Morgan fingerprint density at radius 2 is 1.54 bits per heavy atom. The summed E-state index contributed by atoms with van der Waals surface area (Å²) in [5, 5.41) is 3.61. The molecule has 6 heteroatoms. The van der Waals surface area contributed by atoms with Crippen molar-refractivity contribution in [2.75, 3.05) is 5.32 Å². The third-order valence-corrected chi connectivity index (χ3v) is 4.27. The lowest BCUT2D eigenvalue weighted by Gasteiger charge is -2.06. The molecule has 0 unspecified atom stereocenters. The maximum Gasteiger partial charge on any atom is 0.290 e. The standard InChI is InChI=1S/C20H14Cl2N2O2/c21-16-6-7-18(17(22)12-16)23-19(25)13-24-10-8-15(9-11-24)20(26)14-4-2-1-3-5-14/h1-12H,13H2/p+1. The first-order valence-corrected chi connectivity index (χ1v) is 8.62. The van der Waals surface area contributed by atoms with E-state index in [9.17, 15) is 9.59 Å². The molecule has 3 rings (SSSR count). The molecule has 4 nitrogen and oxygen atoms in total. The second-order valence-corrected chi connectivity index (χ2v) is 6.47. The Labute approximate surface area is 161 Å². The molecule has 0 aliphatic rings. The van der Waals surface area contributed by atoms with E-state index in [-0.39, 0.29) is 18.2 Å². The van der Waals surface area contributed by atoms with Gasteiger partial charge in [0.2, 0.25) is 6.54 Å². The molecular weight excluding hydrogens is 371 g/mol. The lowest BCUT2D eigenvalue weighted by atomic mass is 10.0. The highest BCUT2D eigenvalue weighted by Crippen LogP contribution is 2.25. The van der Waals surface area contributed by atoms with Crippen molar-refractivity contribution >= 4 is 40.6 Å².